The van der Waals surface area contributed by atoms with Gasteiger partial charge in [-0.25, -0.2) is 8.42 Å². The normalized spacial score (nSPS) is 14.6. The number of hydrogen-bond donors (Lipinski definition) is 3. The van der Waals surface area contributed by atoms with Crippen LogP contribution in [0.2, 0.25) is 0 Å². The average Bonchev–Trinajstić information content (AvgIpc) is 3.43. The molecule has 0 amide bonds. The summed E-state index contributed by atoms with van der Waals surface area (Å²) in [6.45, 7) is 3.73. The van der Waals surface area contributed by atoms with Crippen molar-refractivity contribution in [3.63, 3.8) is 0 Å². The molecule has 1 aliphatic rings. The standard InChI is InChI=1S/C23H27N3O6S2/c1-13(2)16-11-17(19(28)12-18(16)27)22-24-25-23(33)26(22)34(29,30)15-8-9-20(21(10-15)31-3)32-14-6-4-5-7-14/h8-14,27-28H,4-7H2,1-3H3,(H,25,33). The van der Waals surface area contributed by atoms with E-state index in [4.69, 9.17) is 21.7 Å². The Hall–Kier alpha value is -3.05. The topological polar surface area (TPSA) is 127 Å². The maximum atomic E-state index is 13.6. The van der Waals surface area contributed by atoms with Crippen LogP contribution < -0.4 is 9.47 Å². The van der Waals surface area contributed by atoms with Crippen molar-refractivity contribution in [3.05, 3.63) is 40.7 Å². The number of phenols is 2. The molecule has 182 valence electrons. The summed E-state index contributed by atoms with van der Waals surface area (Å²) in [5, 5.41) is 27.2. The summed E-state index contributed by atoms with van der Waals surface area (Å²) in [5.41, 5.74) is 0.645. The van der Waals surface area contributed by atoms with Gasteiger partial charge in [-0.3, -0.25) is 5.10 Å². The van der Waals surface area contributed by atoms with E-state index in [-0.39, 0.29) is 44.6 Å². The van der Waals surface area contributed by atoms with E-state index in [1.807, 2.05) is 13.8 Å². The summed E-state index contributed by atoms with van der Waals surface area (Å²) in [6, 6.07) is 7.05. The summed E-state index contributed by atoms with van der Waals surface area (Å²) in [4.78, 5) is -0.0794. The van der Waals surface area contributed by atoms with E-state index >= 15 is 0 Å². The third-order valence-corrected chi connectivity index (χ3v) is 7.99. The van der Waals surface area contributed by atoms with Gasteiger partial charge in [-0.1, -0.05) is 13.8 Å². The third-order valence-electron chi connectivity index (χ3n) is 5.91. The molecule has 11 heteroatoms. The van der Waals surface area contributed by atoms with Crippen LogP contribution in [0.25, 0.3) is 11.4 Å². The van der Waals surface area contributed by atoms with Crippen molar-refractivity contribution < 1.29 is 28.1 Å². The number of aromatic amines is 1. The first-order valence-corrected chi connectivity index (χ1v) is 12.8. The lowest BCUT2D eigenvalue weighted by atomic mass is 9.98. The van der Waals surface area contributed by atoms with E-state index < -0.39 is 10.0 Å². The number of rotatable bonds is 7. The van der Waals surface area contributed by atoms with Crippen LogP contribution in [0.5, 0.6) is 23.0 Å². The second-order valence-corrected chi connectivity index (χ2v) is 10.7. The molecule has 0 aliphatic heterocycles. The Kier molecular flexibility index (Phi) is 6.59. The summed E-state index contributed by atoms with van der Waals surface area (Å²) in [5.74, 6) is 0.159. The quantitative estimate of drug-likeness (QED) is 0.394. The molecule has 0 atom stereocenters. The molecular formula is C23H27N3O6S2. The lowest BCUT2D eigenvalue weighted by Gasteiger charge is -2.17. The SMILES string of the molecule is COc1cc(S(=O)(=O)n2c(-c3cc(C(C)C)c(O)cc3O)n[nH]c2=S)ccc1OC1CCCC1. The van der Waals surface area contributed by atoms with Gasteiger partial charge in [0.1, 0.15) is 11.5 Å². The van der Waals surface area contributed by atoms with Crippen LogP contribution in [-0.2, 0) is 10.0 Å². The van der Waals surface area contributed by atoms with Crippen LogP contribution >= 0.6 is 12.2 Å². The van der Waals surface area contributed by atoms with E-state index in [9.17, 15) is 18.6 Å². The molecule has 2 aromatic carbocycles. The van der Waals surface area contributed by atoms with Gasteiger partial charge in [0.2, 0.25) is 4.77 Å². The molecule has 0 saturated heterocycles. The van der Waals surface area contributed by atoms with Gasteiger partial charge in [-0.05, 0) is 67.6 Å². The first kappa shape index (κ1) is 24.1. The lowest BCUT2D eigenvalue weighted by molar-refractivity contribution is 0.200. The Bertz CT molecular complexity index is 1370. The predicted octanol–water partition coefficient (Wildman–Crippen LogP) is 4.71. The number of phenolic OH excluding ortho intramolecular Hbond substituents is 2. The maximum absolute atomic E-state index is 13.6. The van der Waals surface area contributed by atoms with E-state index in [1.54, 1.807) is 6.07 Å². The number of benzene rings is 2. The molecule has 0 bridgehead atoms. The number of ether oxygens (including phenoxy) is 2. The Morgan fingerprint density at radius 1 is 1.12 bits per heavy atom. The van der Waals surface area contributed by atoms with Gasteiger partial charge in [0.25, 0.3) is 10.0 Å². The number of aromatic nitrogens is 3. The number of hydrogen-bond acceptors (Lipinski definition) is 8. The second-order valence-electron chi connectivity index (χ2n) is 8.54. The molecule has 1 aliphatic carbocycles. The van der Waals surface area contributed by atoms with Gasteiger partial charge >= 0.3 is 0 Å². The van der Waals surface area contributed by atoms with Crippen molar-refractivity contribution >= 4 is 22.2 Å². The number of H-pyrrole nitrogens is 1. The average molecular weight is 506 g/mol. The molecule has 1 saturated carbocycles. The Morgan fingerprint density at radius 2 is 1.82 bits per heavy atom. The Morgan fingerprint density at radius 3 is 2.47 bits per heavy atom. The van der Waals surface area contributed by atoms with Crippen molar-refractivity contribution in [2.75, 3.05) is 7.11 Å². The van der Waals surface area contributed by atoms with Crippen LogP contribution in [0.4, 0.5) is 0 Å². The first-order chi connectivity index (χ1) is 16.1. The van der Waals surface area contributed by atoms with Gasteiger partial charge in [0.15, 0.2) is 17.3 Å². The predicted molar refractivity (Wildman–Crippen MR) is 129 cm³/mol. The largest absolute Gasteiger partial charge is 0.508 e. The summed E-state index contributed by atoms with van der Waals surface area (Å²) in [7, 11) is -2.78. The zero-order chi connectivity index (χ0) is 24.6. The van der Waals surface area contributed by atoms with E-state index in [1.165, 1.54) is 25.3 Å². The van der Waals surface area contributed by atoms with E-state index in [0.717, 1.165) is 35.7 Å². The Labute approximate surface area is 203 Å². The van der Waals surface area contributed by atoms with Crippen LogP contribution in [0.1, 0.15) is 51.0 Å². The van der Waals surface area contributed by atoms with Gasteiger partial charge < -0.3 is 19.7 Å². The van der Waals surface area contributed by atoms with Crippen molar-refractivity contribution in [1.82, 2.24) is 14.2 Å². The molecule has 1 heterocycles. The molecule has 3 N–H and O–H groups in total. The monoisotopic (exact) mass is 505 g/mol. The van der Waals surface area contributed by atoms with E-state index in [2.05, 4.69) is 10.2 Å². The van der Waals surface area contributed by atoms with Crippen molar-refractivity contribution in [2.45, 2.75) is 56.4 Å². The van der Waals surface area contributed by atoms with E-state index in [0.29, 0.717) is 17.1 Å². The zero-order valence-electron chi connectivity index (χ0n) is 19.1. The minimum absolute atomic E-state index is 0.0794. The van der Waals surface area contributed by atoms with Crippen LogP contribution in [0.3, 0.4) is 0 Å². The molecule has 1 aromatic heterocycles. The fraction of sp³-hybridized carbons (Fsp3) is 0.391. The van der Waals surface area contributed by atoms with Crippen LogP contribution in [-0.4, -0.2) is 46.0 Å². The number of methoxy groups -OCH3 is 1. The lowest BCUT2D eigenvalue weighted by Crippen LogP contribution is -2.16. The highest BCUT2D eigenvalue weighted by Gasteiger charge is 2.28. The molecule has 0 unspecified atom stereocenters. The molecule has 0 spiro atoms. The van der Waals surface area contributed by atoms with Crippen molar-refractivity contribution in [2.24, 2.45) is 0 Å². The molecular weight excluding hydrogens is 478 g/mol. The zero-order valence-corrected chi connectivity index (χ0v) is 20.7. The maximum Gasteiger partial charge on any atom is 0.271 e. The number of nitrogens with one attached hydrogen (secondary N) is 1. The van der Waals surface area contributed by atoms with Gasteiger partial charge in [0, 0.05) is 12.1 Å². The molecule has 3 aromatic rings. The fourth-order valence-corrected chi connectivity index (χ4v) is 5.87. The third kappa shape index (κ3) is 4.37. The molecule has 9 nitrogen and oxygen atoms in total. The van der Waals surface area contributed by atoms with Crippen molar-refractivity contribution in [3.8, 4) is 34.4 Å². The minimum Gasteiger partial charge on any atom is -0.508 e. The molecule has 34 heavy (non-hydrogen) atoms. The minimum atomic E-state index is -4.23. The molecule has 0 radical (unpaired) electrons. The van der Waals surface area contributed by atoms with Crippen LogP contribution in [0.15, 0.2) is 35.2 Å². The van der Waals surface area contributed by atoms with Gasteiger partial charge in [-0.2, -0.15) is 9.07 Å². The van der Waals surface area contributed by atoms with Crippen molar-refractivity contribution in [1.29, 1.82) is 0 Å². The smallest absolute Gasteiger partial charge is 0.271 e. The van der Waals surface area contributed by atoms with Crippen LogP contribution in [0, 0.1) is 4.77 Å². The first-order valence-electron chi connectivity index (χ1n) is 11.0. The second kappa shape index (κ2) is 9.30. The number of nitrogens with zero attached hydrogens (tertiary/aromatic N) is 2. The summed E-state index contributed by atoms with van der Waals surface area (Å²) >= 11 is 5.24. The number of aromatic hydroxyl groups is 2. The highest BCUT2D eigenvalue weighted by molar-refractivity contribution is 7.90. The fourth-order valence-electron chi connectivity index (χ4n) is 4.11. The molecule has 1 fully saturated rings. The Balaban J connectivity index is 1.80. The highest BCUT2D eigenvalue weighted by atomic mass is 32.2. The highest BCUT2D eigenvalue weighted by Crippen LogP contribution is 2.39. The molecule has 4 rings (SSSR count). The summed E-state index contributed by atoms with van der Waals surface area (Å²) < 4.78 is 39.4. The van der Waals surface area contributed by atoms with Gasteiger partial charge in [0.05, 0.1) is 23.7 Å². The van der Waals surface area contributed by atoms with Gasteiger partial charge in [-0.15, -0.1) is 0 Å². The summed E-state index contributed by atoms with van der Waals surface area (Å²) in [6.07, 6.45) is 4.18.